The van der Waals surface area contributed by atoms with Crippen molar-refractivity contribution in [2.24, 2.45) is 0 Å². The average Bonchev–Trinajstić information content (AvgIpc) is 2.67. The number of oxazole rings is 1. The van der Waals surface area contributed by atoms with Crippen LogP contribution in [0.5, 0.6) is 0 Å². The highest BCUT2D eigenvalue weighted by Gasteiger charge is 2.07. The molecule has 1 unspecified atom stereocenters. The van der Waals surface area contributed by atoms with Crippen molar-refractivity contribution in [3.05, 3.63) is 24.1 Å². The minimum atomic E-state index is 0.639. The molecule has 0 amide bonds. The second-order valence-corrected chi connectivity index (χ2v) is 5.29. The first kappa shape index (κ1) is 11.3. The molecular weight excluding hydrogens is 220 g/mol. The van der Waals surface area contributed by atoms with Crippen molar-refractivity contribution in [2.75, 3.05) is 5.73 Å². The van der Waals surface area contributed by atoms with E-state index in [4.69, 9.17) is 10.2 Å². The van der Waals surface area contributed by atoms with Gasteiger partial charge < -0.3 is 10.2 Å². The van der Waals surface area contributed by atoms with Crippen LogP contribution in [0.4, 0.5) is 5.69 Å². The summed E-state index contributed by atoms with van der Waals surface area (Å²) in [5, 5.41) is 0.639. The summed E-state index contributed by atoms with van der Waals surface area (Å²) in [5.74, 6) is 1.61. The summed E-state index contributed by atoms with van der Waals surface area (Å²) in [6.07, 6.45) is 1.16. The highest BCUT2D eigenvalue weighted by atomic mass is 32.2. The van der Waals surface area contributed by atoms with Crippen LogP contribution in [0.2, 0.25) is 0 Å². The van der Waals surface area contributed by atoms with Gasteiger partial charge in [-0.15, -0.1) is 11.8 Å². The summed E-state index contributed by atoms with van der Waals surface area (Å²) in [7, 11) is 0. The van der Waals surface area contributed by atoms with Crippen molar-refractivity contribution < 1.29 is 4.42 Å². The number of fused-ring (bicyclic) bond motifs is 1. The summed E-state index contributed by atoms with van der Waals surface area (Å²) < 4.78 is 5.63. The molecular formula is C12H16N2OS. The number of thioether (sulfide) groups is 1. The maximum atomic E-state index is 5.68. The normalized spacial score (nSPS) is 13.1. The lowest BCUT2D eigenvalue weighted by Crippen LogP contribution is -1.93. The minimum absolute atomic E-state index is 0.639. The molecule has 86 valence electrons. The van der Waals surface area contributed by atoms with Crippen molar-refractivity contribution >= 4 is 28.5 Å². The fourth-order valence-corrected chi connectivity index (χ4v) is 2.17. The first-order valence-electron chi connectivity index (χ1n) is 5.45. The van der Waals surface area contributed by atoms with Gasteiger partial charge in [0.15, 0.2) is 5.58 Å². The van der Waals surface area contributed by atoms with Gasteiger partial charge in [0, 0.05) is 17.0 Å². The van der Waals surface area contributed by atoms with E-state index in [0.717, 1.165) is 29.2 Å². The van der Waals surface area contributed by atoms with Gasteiger partial charge >= 0.3 is 0 Å². The van der Waals surface area contributed by atoms with Crippen molar-refractivity contribution in [1.29, 1.82) is 0 Å². The molecule has 2 aromatic rings. The van der Waals surface area contributed by atoms with Gasteiger partial charge in [-0.3, -0.25) is 0 Å². The molecule has 4 heteroatoms. The number of hydrogen-bond acceptors (Lipinski definition) is 4. The van der Waals surface area contributed by atoms with Crippen LogP contribution in [-0.4, -0.2) is 10.2 Å². The van der Waals surface area contributed by atoms with Gasteiger partial charge in [-0.1, -0.05) is 13.8 Å². The molecule has 2 rings (SSSR count). The van der Waals surface area contributed by atoms with Crippen LogP contribution in [0.1, 0.15) is 26.2 Å². The lowest BCUT2D eigenvalue weighted by Gasteiger charge is -2.04. The molecule has 2 N–H and O–H groups in total. The number of hydrogen-bond donors (Lipinski definition) is 1. The van der Waals surface area contributed by atoms with Crippen molar-refractivity contribution in [2.45, 2.75) is 31.3 Å². The van der Waals surface area contributed by atoms with Crippen LogP contribution in [0.25, 0.3) is 11.1 Å². The highest BCUT2D eigenvalue weighted by molar-refractivity contribution is 7.99. The molecule has 0 bridgehead atoms. The van der Waals surface area contributed by atoms with E-state index in [1.165, 1.54) is 0 Å². The number of anilines is 1. The van der Waals surface area contributed by atoms with Gasteiger partial charge in [0.2, 0.25) is 5.89 Å². The predicted molar refractivity (Wildman–Crippen MR) is 69.5 cm³/mol. The Morgan fingerprint density at radius 1 is 1.50 bits per heavy atom. The number of benzene rings is 1. The lowest BCUT2D eigenvalue weighted by molar-refractivity contribution is 0.556. The van der Waals surface area contributed by atoms with Crippen LogP contribution in [-0.2, 0) is 5.75 Å². The van der Waals surface area contributed by atoms with Gasteiger partial charge in [0.1, 0.15) is 5.52 Å². The Balaban J connectivity index is 2.13. The van der Waals surface area contributed by atoms with E-state index in [2.05, 4.69) is 18.8 Å². The Morgan fingerprint density at radius 2 is 2.31 bits per heavy atom. The van der Waals surface area contributed by atoms with Crippen LogP contribution in [0.3, 0.4) is 0 Å². The molecule has 1 atom stereocenters. The molecule has 0 saturated heterocycles. The zero-order valence-electron chi connectivity index (χ0n) is 9.56. The summed E-state index contributed by atoms with van der Waals surface area (Å²) in [6, 6.07) is 5.56. The number of rotatable bonds is 4. The van der Waals surface area contributed by atoms with Crippen molar-refractivity contribution in [3.63, 3.8) is 0 Å². The van der Waals surface area contributed by atoms with E-state index >= 15 is 0 Å². The predicted octanol–water partition coefficient (Wildman–Crippen LogP) is 3.44. The molecule has 1 aromatic carbocycles. The van der Waals surface area contributed by atoms with Crippen molar-refractivity contribution in [3.8, 4) is 0 Å². The standard InChI is InChI=1S/C12H16N2OS/c1-3-8(2)16-7-12-14-10-5-4-9(13)6-11(10)15-12/h4-6,8H,3,7,13H2,1-2H3. The molecule has 1 aromatic heterocycles. The maximum Gasteiger partial charge on any atom is 0.205 e. The van der Waals surface area contributed by atoms with Gasteiger partial charge in [0.05, 0.1) is 5.75 Å². The van der Waals surface area contributed by atoms with Gasteiger partial charge in [-0.25, -0.2) is 4.98 Å². The van der Waals surface area contributed by atoms with Crippen molar-refractivity contribution in [1.82, 2.24) is 4.98 Å². The van der Waals surface area contributed by atoms with Crippen LogP contribution >= 0.6 is 11.8 Å². The van der Waals surface area contributed by atoms with E-state index in [1.807, 2.05) is 30.0 Å². The third-order valence-electron chi connectivity index (χ3n) is 2.52. The summed E-state index contributed by atoms with van der Waals surface area (Å²) in [4.78, 5) is 4.42. The number of nitrogens with two attached hydrogens (primary N) is 1. The topological polar surface area (TPSA) is 52.0 Å². The molecule has 0 spiro atoms. The van der Waals surface area contributed by atoms with E-state index in [-0.39, 0.29) is 0 Å². The van der Waals surface area contributed by atoms with Crippen LogP contribution < -0.4 is 5.73 Å². The second-order valence-electron chi connectivity index (χ2n) is 3.86. The molecule has 0 aliphatic rings. The molecule has 0 aliphatic carbocycles. The zero-order valence-corrected chi connectivity index (χ0v) is 10.4. The molecule has 1 heterocycles. The molecule has 0 fully saturated rings. The van der Waals surface area contributed by atoms with E-state index in [1.54, 1.807) is 0 Å². The molecule has 0 saturated carbocycles. The number of aromatic nitrogens is 1. The average molecular weight is 236 g/mol. The largest absolute Gasteiger partial charge is 0.440 e. The van der Waals surface area contributed by atoms with E-state index < -0.39 is 0 Å². The first-order valence-corrected chi connectivity index (χ1v) is 6.50. The Hall–Kier alpha value is -1.16. The second kappa shape index (κ2) is 4.78. The highest BCUT2D eigenvalue weighted by Crippen LogP contribution is 2.23. The molecule has 0 aliphatic heterocycles. The Bertz CT molecular complexity index is 481. The SMILES string of the molecule is CCC(C)SCc1nc2ccc(N)cc2o1. The zero-order chi connectivity index (χ0) is 11.5. The molecule has 16 heavy (non-hydrogen) atoms. The smallest absolute Gasteiger partial charge is 0.205 e. The van der Waals surface area contributed by atoms with Gasteiger partial charge in [0.25, 0.3) is 0 Å². The maximum absolute atomic E-state index is 5.68. The fourth-order valence-electron chi connectivity index (χ4n) is 1.38. The Morgan fingerprint density at radius 3 is 3.06 bits per heavy atom. The third-order valence-corrected chi connectivity index (χ3v) is 3.84. The Labute approximate surface area is 99.4 Å². The van der Waals surface area contributed by atoms with E-state index in [9.17, 15) is 0 Å². The Kier molecular flexibility index (Phi) is 3.39. The monoisotopic (exact) mass is 236 g/mol. The first-order chi connectivity index (χ1) is 7.69. The van der Waals surface area contributed by atoms with Gasteiger partial charge in [-0.2, -0.15) is 0 Å². The minimum Gasteiger partial charge on any atom is -0.440 e. The third kappa shape index (κ3) is 2.50. The molecule has 3 nitrogen and oxygen atoms in total. The van der Waals surface area contributed by atoms with Crippen LogP contribution in [0.15, 0.2) is 22.6 Å². The summed E-state index contributed by atoms with van der Waals surface area (Å²) >= 11 is 1.86. The quantitative estimate of drug-likeness (QED) is 0.826. The molecule has 0 radical (unpaired) electrons. The van der Waals surface area contributed by atoms with Crippen LogP contribution in [0, 0.1) is 0 Å². The summed E-state index contributed by atoms with van der Waals surface area (Å²) in [5.41, 5.74) is 8.06. The summed E-state index contributed by atoms with van der Waals surface area (Å²) in [6.45, 7) is 4.40. The number of nitrogen functional groups attached to an aromatic ring is 1. The van der Waals surface area contributed by atoms with Gasteiger partial charge in [-0.05, 0) is 18.6 Å². The lowest BCUT2D eigenvalue weighted by atomic mass is 10.3. The van der Waals surface area contributed by atoms with E-state index in [0.29, 0.717) is 10.9 Å². The number of nitrogens with zero attached hydrogens (tertiary/aromatic N) is 1. The fraction of sp³-hybridized carbons (Fsp3) is 0.417.